The Hall–Kier alpha value is -1.22. The molecule has 0 fully saturated rings. The van der Waals surface area contributed by atoms with Crippen molar-refractivity contribution in [2.75, 3.05) is 5.33 Å². The Morgan fingerprint density at radius 3 is 3.07 bits per heavy atom. The molecular weight excluding hydrogens is 257 g/mol. The zero-order valence-corrected chi connectivity index (χ0v) is 9.54. The van der Waals surface area contributed by atoms with Gasteiger partial charge in [0.25, 0.3) is 0 Å². The summed E-state index contributed by atoms with van der Waals surface area (Å²) in [6.07, 6.45) is 5.28. The first-order chi connectivity index (χ1) is 7.31. The number of halogens is 2. The second-order valence-corrected chi connectivity index (χ2v) is 3.77. The van der Waals surface area contributed by atoms with Crippen LogP contribution in [-0.2, 0) is 0 Å². The Morgan fingerprint density at radius 1 is 1.40 bits per heavy atom. The van der Waals surface area contributed by atoms with Crippen molar-refractivity contribution < 1.29 is 4.39 Å². The third-order valence-electron chi connectivity index (χ3n) is 2.11. The van der Waals surface area contributed by atoms with Gasteiger partial charge < -0.3 is 0 Å². The molecule has 0 saturated heterocycles. The van der Waals surface area contributed by atoms with Crippen molar-refractivity contribution in [2.45, 2.75) is 0 Å². The van der Waals surface area contributed by atoms with Gasteiger partial charge in [-0.1, -0.05) is 34.1 Å². The molecule has 0 bridgehead atoms. The number of allylic oxidation sites excluding steroid dienone is 1. The van der Waals surface area contributed by atoms with Gasteiger partial charge in [0.1, 0.15) is 5.82 Å². The van der Waals surface area contributed by atoms with E-state index in [2.05, 4.69) is 20.9 Å². The fourth-order valence-electron chi connectivity index (χ4n) is 1.41. The first-order valence-corrected chi connectivity index (χ1v) is 5.70. The molecule has 0 aliphatic heterocycles. The van der Waals surface area contributed by atoms with Gasteiger partial charge in [-0.3, -0.25) is 4.98 Å². The van der Waals surface area contributed by atoms with E-state index in [1.165, 1.54) is 6.07 Å². The Balaban J connectivity index is 2.57. The second kappa shape index (κ2) is 4.53. The molecule has 2 rings (SSSR count). The van der Waals surface area contributed by atoms with E-state index in [0.717, 1.165) is 10.7 Å². The highest BCUT2D eigenvalue weighted by Gasteiger charge is 2.01. The average Bonchev–Trinajstić information content (AvgIpc) is 2.26. The summed E-state index contributed by atoms with van der Waals surface area (Å²) in [6.45, 7) is 0. The summed E-state index contributed by atoms with van der Waals surface area (Å²) in [5.74, 6) is -0.238. The molecule has 1 aromatic heterocycles. The molecule has 1 heterocycles. The van der Waals surface area contributed by atoms with Crippen molar-refractivity contribution in [3.8, 4) is 0 Å². The summed E-state index contributed by atoms with van der Waals surface area (Å²) in [4.78, 5) is 4.09. The summed E-state index contributed by atoms with van der Waals surface area (Å²) in [5.41, 5.74) is 1.28. The maximum atomic E-state index is 13.5. The number of aromatic nitrogens is 1. The minimum absolute atomic E-state index is 0.238. The molecule has 0 unspecified atom stereocenters. The van der Waals surface area contributed by atoms with Crippen molar-refractivity contribution in [3.05, 3.63) is 47.9 Å². The van der Waals surface area contributed by atoms with Crippen molar-refractivity contribution in [1.29, 1.82) is 0 Å². The van der Waals surface area contributed by atoms with E-state index in [9.17, 15) is 4.39 Å². The molecule has 2 aromatic rings. The minimum atomic E-state index is -0.238. The molecule has 1 aromatic carbocycles. The number of pyridine rings is 1. The summed E-state index contributed by atoms with van der Waals surface area (Å²) < 4.78 is 13.5. The van der Waals surface area contributed by atoms with Crippen LogP contribution in [0, 0.1) is 5.82 Å². The first-order valence-electron chi connectivity index (χ1n) is 4.58. The molecule has 0 aliphatic carbocycles. The summed E-state index contributed by atoms with van der Waals surface area (Å²) in [5, 5.41) is 1.67. The van der Waals surface area contributed by atoms with Crippen molar-refractivity contribution >= 4 is 32.9 Å². The van der Waals surface area contributed by atoms with Crippen LogP contribution in [0.4, 0.5) is 4.39 Å². The van der Waals surface area contributed by atoms with Crippen LogP contribution in [0.3, 0.4) is 0 Å². The average molecular weight is 266 g/mol. The molecule has 76 valence electrons. The standard InChI is InChI=1S/C12H9BrFN/c13-5-1-3-9-7-10-4-2-6-15-12(10)8-11(9)14/h1-4,6-8H,5H2. The maximum Gasteiger partial charge on any atom is 0.132 e. The molecule has 0 saturated carbocycles. The van der Waals surface area contributed by atoms with Crippen molar-refractivity contribution in [3.63, 3.8) is 0 Å². The molecule has 0 aliphatic rings. The number of nitrogens with zero attached hydrogens (tertiary/aromatic N) is 1. The Morgan fingerprint density at radius 2 is 2.27 bits per heavy atom. The zero-order chi connectivity index (χ0) is 10.7. The zero-order valence-electron chi connectivity index (χ0n) is 7.95. The fourth-order valence-corrected chi connectivity index (χ4v) is 1.60. The summed E-state index contributed by atoms with van der Waals surface area (Å²) in [6, 6.07) is 7.03. The van der Waals surface area contributed by atoms with Crippen LogP contribution >= 0.6 is 15.9 Å². The lowest BCUT2D eigenvalue weighted by Crippen LogP contribution is -1.85. The van der Waals surface area contributed by atoms with E-state index in [1.54, 1.807) is 18.3 Å². The van der Waals surface area contributed by atoms with Gasteiger partial charge in [0.15, 0.2) is 0 Å². The third-order valence-corrected chi connectivity index (χ3v) is 2.48. The predicted octanol–water partition coefficient (Wildman–Crippen LogP) is 3.78. The largest absolute Gasteiger partial charge is 0.256 e. The van der Waals surface area contributed by atoms with Crippen molar-refractivity contribution in [1.82, 2.24) is 4.98 Å². The molecule has 0 spiro atoms. The molecule has 0 radical (unpaired) electrons. The molecule has 0 amide bonds. The predicted molar refractivity (Wildman–Crippen MR) is 64.5 cm³/mol. The second-order valence-electron chi connectivity index (χ2n) is 3.13. The van der Waals surface area contributed by atoms with Crippen LogP contribution < -0.4 is 0 Å². The van der Waals surface area contributed by atoms with Crippen LogP contribution in [0.2, 0.25) is 0 Å². The van der Waals surface area contributed by atoms with E-state index in [-0.39, 0.29) is 5.82 Å². The van der Waals surface area contributed by atoms with Gasteiger partial charge >= 0.3 is 0 Å². The van der Waals surface area contributed by atoms with Crippen LogP contribution in [0.1, 0.15) is 5.56 Å². The summed E-state index contributed by atoms with van der Waals surface area (Å²) in [7, 11) is 0. The molecule has 3 heteroatoms. The Bertz CT molecular complexity index is 508. The SMILES string of the molecule is Fc1cc2ncccc2cc1C=CCBr. The lowest BCUT2D eigenvalue weighted by Gasteiger charge is -2.00. The van der Waals surface area contributed by atoms with Gasteiger partial charge in [0.05, 0.1) is 5.52 Å². The van der Waals surface area contributed by atoms with Crippen LogP contribution in [0.5, 0.6) is 0 Å². The van der Waals surface area contributed by atoms with Crippen LogP contribution in [-0.4, -0.2) is 10.3 Å². The van der Waals surface area contributed by atoms with Crippen LogP contribution in [0.25, 0.3) is 17.0 Å². The highest BCUT2D eigenvalue weighted by Crippen LogP contribution is 2.18. The molecule has 0 atom stereocenters. The quantitative estimate of drug-likeness (QED) is 0.754. The van der Waals surface area contributed by atoms with E-state index in [4.69, 9.17) is 0 Å². The minimum Gasteiger partial charge on any atom is -0.256 e. The van der Waals surface area contributed by atoms with Gasteiger partial charge in [-0.15, -0.1) is 0 Å². The maximum absolute atomic E-state index is 13.5. The molecule has 0 N–H and O–H groups in total. The first kappa shape index (κ1) is 10.3. The van der Waals surface area contributed by atoms with E-state index >= 15 is 0 Å². The van der Waals surface area contributed by atoms with Gasteiger partial charge in [-0.25, -0.2) is 4.39 Å². The number of hydrogen-bond acceptors (Lipinski definition) is 1. The number of rotatable bonds is 2. The van der Waals surface area contributed by atoms with E-state index in [0.29, 0.717) is 11.1 Å². The lowest BCUT2D eigenvalue weighted by atomic mass is 10.1. The number of alkyl halides is 1. The van der Waals surface area contributed by atoms with E-state index < -0.39 is 0 Å². The van der Waals surface area contributed by atoms with Crippen molar-refractivity contribution in [2.24, 2.45) is 0 Å². The highest BCUT2D eigenvalue weighted by atomic mass is 79.9. The van der Waals surface area contributed by atoms with Crippen LogP contribution in [0.15, 0.2) is 36.5 Å². The Kier molecular flexibility index (Phi) is 3.11. The fraction of sp³-hybridized carbons (Fsp3) is 0.0833. The number of fused-ring (bicyclic) bond motifs is 1. The van der Waals surface area contributed by atoms with Gasteiger partial charge in [-0.05, 0) is 12.1 Å². The smallest absolute Gasteiger partial charge is 0.132 e. The third kappa shape index (κ3) is 2.23. The summed E-state index contributed by atoms with van der Waals surface area (Å²) >= 11 is 3.26. The van der Waals surface area contributed by atoms with Gasteiger partial charge in [0, 0.05) is 28.5 Å². The van der Waals surface area contributed by atoms with E-state index in [1.807, 2.05) is 18.2 Å². The molecule has 15 heavy (non-hydrogen) atoms. The number of benzene rings is 1. The Labute approximate surface area is 95.8 Å². The number of hydrogen-bond donors (Lipinski definition) is 0. The lowest BCUT2D eigenvalue weighted by molar-refractivity contribution is 0.626. The molecular formula is C12H9BrFN. The monoisotopic (exact) mass is 265 g/mol. The van der Waals surface area contributed by atoms with Gasteiger partial charge in [0.2, 0.25) is 0 Å². The molecule has 1 nitrogen and oxygen atoms in total. The topological polar surface area (TPSA) is 12.9 Å². The normalized spacial score (nSPS) is 11.3. The van der Waals surface area contributed by atoms with Gasteiger partial charge in [-0.2, -0.15) is 0 Å². The highest BCUT2D eigenvalue weighted by molar-refractivity contribution is 9.09.